The predicted molar refractivity (Wildman–Crippen MR) is 104 cm³/mol. The van der Waals surface area contributed by atoms with Gasteiger partial charge >= 0.3 is 0 Å². The van der Waals surface area contributed by atoms with Crippen LogP contribution in [0.25, 0.3) is 0 Å². The van der Waals surface area contributed by atoms with Gasteiger partial charge in [0.15, 0.2) is 0 Å². The van der Waals surface area contributed by atoms with E-state index in [1.165, 1.54) is 23.6 Å². The summed E-state index contributed by atoms with van der Waals surface area (Å²) >= 11 is 0. The molecule has 0 atom stereocenters. The number of carbonyl (C=O) groups excluding carboxylic acids is 1. The van der Waals surface area contributed by atoms with Gasteiger partial charge in [0, 0.05) is 32.1 Å². The second-order valence-electron chi connectivity index (χ2n) is 7.59. The molecule has 1 heterocycles. The Hall–Kier alpha value is -1.60. The fraction of sp³-hybridized carbons (Fsp3) is 0.650. The maximum Gasteiger partial charge on any atom is 0.243 e. The van der Waals surface area contributed by atoms with E-state index in [1.54, 1.807) is 31.4 Å². The maximum atomic E-state index is 12.8. The molecule has 1 saturated carbocycles. The first-order valence-corrected chi connectivity index (χ1v) is 11.3. The number of piperidine rings is 1. The first kappa shape index (κ1) is 20.1. The Morgan fingerprint density at radius 1 is 1.04 bits per heavy atom. The predicted octanol–water partition coefficient (Wildman–Crippen LogP) is 2.89. The number of hydrogen-bond donors (Lipinski definition) is 0. The molecule has 1 aromatic carbocycles. The fourth-order valence-electron chi connectivity index (χ4n) is 4.18. The van der Waals surface area contributed by atoms with Crippen LogP contribution in [0.2, 0.25) is 0 Å². The summed E-state index contributed by atoms with van der Waals surface area (Å²) in [4.78, 5) is 15.0. The molecular weight excluding hydrogens is 364 g/mol. The molecule has 3 rings (SSSR count). The summed E-state index contributed by atoms with van der Waals surface area (Å²) in [5.74, 6) is 0.742. The van der Waals surface area contributed by atoms with Gasteiger partial charge in [-0.3, -0.25) is 4.79 Å². The molecular formula is C20H30N2O4S. The highest BCUT2D eigenvalue weighted by atomic mass is 32.2. The van der Waals surface area contributed by atoms with Crippen molar-refractivity contribution in [3.8, 4) is 5.75 Å². The Bertz CT molecular complexity index is 734. The number of ether oxygens (including phenoxy) is 1. The van der Waals surface area contributed by atoms with Crippen LogP contribution in [0, 0.1) is 5.92 Å². The van der Waals surface area contributed by atoms with Crippen LogP contribution in [-0.4, -0.2) is 56.8 Å². The summed E-state index contributed by atoms with van der Waals surface area (Å²) in [7, 11) is -0.0573. The van der Waals surface area contributed by atoms with Gasteiger partial charge in [-0.25, -0.2) is 8.42 Å². The van der Waals surface area contributed by atoms with E-state index in [9.17, 15) is 13.2 Å². The van der Waals surface area contributed by atoms with E-state index in [0.717, 1.165) is 12.8 Å². The van der Waals surface area contributed by atoms with Crippen LogP contribution in [0.15, 0.2) is 29.2 Å². The molecule has 0 aromatic heterocycles. The smallest absolute Gasteiger partial charge is 0.243 e. The molecule has 2 aliphatic rings. The zero-order valence-electron chi connectivity index (χ0n) is 16.3. The SMILES string of the molecule is COc1ccc(S(=O)(=O)N2CCC(C(=O)N(C)C3CCCCC3)CC2)cc1. The van der Waals surface area contributed by atoms with Gasteiger partial charge in [0.05, 0.1) is 12.0 Å². The third kappa shape index (κ3) is 4.46. The van der Waals surface area contributed by atoms with Crippen molar-refractivity contribution >= 4 is 15.9 Å². The molecule has 0 radical (unpaired) electrons. The normalized spacial score (nSPS) is 20.4. The Morgan fingerprint density at radius 2 is 1.63 bits per heavy atom. The van der Waals surface area contributed by atoms with E-state index in [4.69, 9.17) is 4.74 Å². The van der Waals surface area contributed by atoms with Crippen LogP contribution in [0.4, 0.5) is 0 Å². The molecule has 6 nitrogen and oxygen atoms in total. The molecule has 2 fully saturated rings. The van der Waals surface area contributed by atoms with E-state index in [0.29, 0.717) is 37.7 Å². The van der Waals surface area contributed by atoms with Crippen molar-refractivity contribution < 1.29 is 17.9 Å². The van der Waals surface area contributed by atoms with Crippen molar-refractivity contribution in [2.75, 3.05) is 27.2 Å². The molecule has 1 saturated heterocycles. The minimum Gasteiger partial charge on any atom is -0.497 e. The lowest BCUT2D eigenvalue weighted by Crippen LogP contribution is -2.46. The molecule has 1 aliphatic carbocycles. The van der Waals surface area contributed by atoms with E-state index in [1.807, 2.05) is 11.9 Å². The van der Waals surface area contributed by atoms with Crippen LogP contribution in [0.5, 0.6) is 5.75 Å². The Morgan fingerprint density at radius 3 is 2.19 bits per heavy atom. The highest BCUT2D eigenvalue weighted by Crippen LogP contribution is 2.28. The van der Waals surface area contributed by atoms with Gasteiger partial charge in [0.1, 0.15) is 5.75 Å². The van der Waals surface area contributed by atoms with Gasteiger partial charge in [-0.2, -0.15) is 4.31 Å². The van der Waals surface area contributed by atoms with Crippen molar-refractivity contribution in [3.05, 3.63) is 24.3 Å². The van der Waals surface area contributed by atoms with Crippen LogP contribution in [0.3, 0.4) is 0 Å². The number of methoxy groups -OCH3 is 1. The minimum absolute atomic E-state index is 0.0701. The Balaban J connectivity index is 1.59. The topological polar surface area (TPSA) is 66.9 Å². The molecule has 1 aromatic rings. The van der Waals surface area contributed by atoms with Crippen LogP contribution in [0.1, 0.15) is 44.9 Å². The summed E-state index contributed by atoms with van der Waals surface area (Å²) < 4.78 is 32.3. The van der Waals surface area contributed by atoms with Gasteiger partial charge in [-0.1, -0.05) is 19.3 Å². The molecule has 27 heavy (non-hydrogen) atoms. The zero-order valence-corrected chi connectivity index (χ0v) is 17.1. The maximum absolute atomic E-state index is 12.8. The highest BCUT2D eigenvalue weighted by Gasteiger charge is 2.34. The molecule has 1 amide bonds. The second-order valence-corrected chi connectivity index (χ2v) is 9.53. The average Bonchev–Trinajstić information content (AvgIpc) is 2.73. The summed E-state index contributed by atoms with van der Waals surface area (Å²) in [5.41, 5.74) is 0. The van der Waals surface area contributed by atoms with E-state index < -0.39 is 10.0 Å². The van der Waals surface area contributed by atoms with Gasteiger partial charge < -0.3 is 9.64 Å². The number of amides is 1. The lowest BCUT2D eigenvalue weighted by Gasteiger charge is -2.36. The van der Waals surface area contributed by atoms with Gasteiger partial charge in [-0.05, 0) is 49.9 Å². The standard InChI is InChI=1S/C20H30N2O4S/c1-21(17-6-4-3-5-7-17)20(23)16-12-14-22(15-13-16)27(24,25)19-10-8-18(26-2)9-11-19/h8-11,16-17H,3-7,12-15H2,1-2H3. The Kier molecular flexibility index (Phi) is 6.42. The molecule has 1 aliphatic heterocycles. The fourth-order valence-corrected chi connectivity index (χ4v) is 5.65. The highest BCUT2D eigenvalue weighted by molar-refractivity contribution is 7.89. The van der Waals surface area contributed by atoms with Gasteiger partial charge in [0.2, 0.25) is 15.9 Å². The van der Waals surface area contributed by atoms with Crippen molar-refractivity contribution in [1.29, 1.82) is 0 Å². The van der Waals surface area contributed by atoms with Gasteiger partial charge in [0.25, 0.3) is 0 Å². The number of rotatable bonds is 5. The Labute approximate surface area is 162 Å². The largest absolute Gasteiger partial charge is 0.497 e. The summed E-state index contributed by atoms with van der Waals surface area (Å²) in [6, 6.07) is 6.81. The number of hydrogen-bond acceptors (Lipinski definition) is 4. The van der Waals surface area contributed by atoms with Gasteiger partial charge in [-0.15, -0.1) is 0 Å². The summed E-state index contributed by atoms with van der Waals surface area (Å²) in [6.07, 6.45) is 7.01. The molecule has 150 valence electrons. The lowest BCUT2D eigenvalue weighted by molar-refractivity contribution is -0.138. The van der Waals surface area contributed by atoms with Crippen molar-refractivity contribution in [2.45, 2.75) is 55.9 Å². The van der Waals surface area contributed by atoms with E-state index in [2.05, 4.69) is 0 Å². The minimum atomic E-state index is -3.52. The molecule has 0 unspecified atom stereocenters. The number of sulfonamides is 1. The quantitative estimate of drug-likeness (QED) is 0.770. The third-order valence-corrected chi connectivity index (χ3v) is 7.88. The van der Waals surface area contributed by atoms with Crippen molar-refractivity contribution in [1.82, 2.24) is 9.21 Å². The van der Waals surface area contributed by atoms with Crippen LogP contribution >= 0.6 is 0 Å². The number of benzene rings is 1. The van der Waals surface area contributed by atoms with Crippen LogP contribution in [-0.2, 0) is 14.8 Å². The van der Waals surface area contributed by atoms with E-state index >= 15 is 0 Å². The number of carbonyl (C=O) groups is 1. The lowest BCUT2D eigenvalue weighted by atomic mass is 9.91. The molecule has 0 N–H and O–H groups in total. The van der Waals surface area contributed by atoms with Crippen molar-refractivity contribution in [2.24, 2.45) is 5.92 Å². The van der Waals surface area contributed by atoms with Crippen LogP contribution < -0.4 is 4.74 Å². The monoisotopic (exact) mass is 394 g/mol. The molecule has 0 bridgehead atoms. The van der Waals surface area contributed by atoms with E-state index in [-0.39, 0.29) is 16.7 Å². The molecule has 7 heteroatoms. The third-order valence-electron chi connectivity index (χ3n) is 5.97. The first-order chi connectivity index (χ1) is 12.9. The summed E-state index contributed by atoms with van der Waals surface area (Å²) in [6.45, 7) is 0.784. The first-order valence-electron chi connectivity index (χ1n) is 9.84. The second kappa shape index (κ2) is 8.61. The molecule has 0 spiro atoms. The number of nitrogens with zero attached hydrogens (tertiary/aromatic N) is 2. The average molecular weight is 395 g/mol. The summed E-state index contributed by atoms with van der Waals surface area (Å²) in [5, 5.41) is 0. The zero-order chi connectivity index (χ0) is 19.4. The van der Waals surface area contributed by atoms with Crippen molar-refractivity contribution in [3.63, 3.8) is 0 Å².